The van der Waals surface area contributed by atoms with E-state index in [2.05, 4.69) is 10.1 Å². The van der Waals surface area contributed by atoms with Crippen LogP contribution in [0.1, 0.15) is 35.7 Å². The van der Waals surface area contributed by atoms with Gasteiger partial charge < -0.3 is 9.42 Å². The zero-order valence-electron chi connectivity index (χ0n) is 17.9. The molecule has 3 aromatic rings. The molecular formula is C22H21F3N4O4. The monoisotopic (exact) mass is 462 g/mol. The fourth-order valence-corrected chi connectivity index (χ4v) is 3.19. The maximum atomic E-state index is 13.0. The Labute approximate surface area is 187 Å². The van der Waals surface area contributed by atoms with Crippen molar-refractivity contribution in [3.05, 3.63) is 75.7 Å². The molecule has 0 bridgehead atoms. The number of aromatic nitrogens is 2. The quantitative estimate of drug-likeness (QED) is 0.345. The molecule has 1 aromatic heterocycles. The molecule has 0 saturated carbocycles. The highest BCUT2D eigenvalue weighted by molar-refractivity contribution is 5.94. The van der Waals surface area contributed by atoms with Gasteiger partial charge in [0.05, 0.1) is 10.5 Å². The average molecular weight is 462 g/mol. The van der Waals surface area contributed by atoms with Crippen molar-refractivity contribution in [2.75, 3.05) is 13.1 Å². The standard InChI is InChI=1S/C22H21F3N4O4/c1-14(2)13-28(21(30)16-6-4-8-18(12-16)29(31)32)10-9-19-26-20(27-33-19)15-5-3-7-17(11-15)22(23,24)25/h3-8,11-12,14H,9-10,13H2,1-2H3. The van der Waals surface area contributed by atoms with Crippen LogP contribution in [0.15, 0.2) is 53.1 Å². The Morgan fingerprint density at radius 1 is 1.18 bits per heavy atom. The largest absolute Gasteiger partial charge is 0.416 e. The Hall–Kier alpha value is -3.76. The highest BCUT2D eigenvalue weighted by Crippen LogP contribution is 2.31. The normalized spacial score (nSPS) is 11.6. The molecule has 8 nitrogen and oxygen atoms in total. The number of alkyl halides is 3. The lowest BCUT2D eigenvalue weighted by atomic mass is 10.1. The van der Waals surface area contributed by atoms with Crippen LogP contribution in [0.25, 0.3) is 11.4 Å². The number of rotatable bonds is 8. The third kappa shape index (κ3) is 6.15. The maximum Gasteiger partial charge on any atom is 0.416 e. The predicted octanol–water partition coefficient (Wildman–Crippen LogP) is 5.00. The number of carbonyl (C=O) groups excluding carboxylic acids is 1. The smallest absolute Gasteiger partial charge is 0.339 e. The molecule has 0 aliphatic heterocycles. The van der Waals surface area contributed by atoms with E-state index in [4.69, 9.17) is 4.52 Å². The van der Waals surface area contributed by atoms with Crippen LogP contribution in [0.4, 0.5) is 18.9 Å². The minimum atomic E-state index is -4.49. The second-order valence-corrected chi connectivity index (χ2v) is 7.79. The van der Waals surface area contributed by atoms with Gasteiger partial charge in [0.2, 0.25) is 11.7 Å². The van der Waals surface area contributed by atoms with Crippen LogP contribution in [0.2, 0.25) is 0 Å². The Kier molecular flexibility index (Phi) is 7.10. The molecule has 33 heavy (non-hydrogen) atoms. The molecule has 0 unspecified atom stereocenters. The number of hydrogen-bond acceptors (Lipinski definition) is 6. The van der Waals surface area contributed by atoms with E-state index in [0.29, 0.717) is 6.54 Å². The van der Waals surface area contributed by atoms with E-state index in [1.807, 2.05) is 13.8 Å². The topological polar surface area (TPSA) is 102 Å². The lowest BCUT2D eigenvalue weighted by molar-refractivity contribution is -0.384. The third-order valence-electron chi connectivity index (χ3n) is 4.69. The van der Waals surface area contributed by atoms with Gasteiger partial charge in [-0.2, -0.15) is 18.2 Å². The van der Waals surface area contributed by atoms with E-state index in [1.165, 1.54) is 41.3 Å². The molecule has 0 aliphatic rings. The zero-order valence-corrected chi connectivity index (χ0v) is 17.9. The van der Waals surface area contributed by atoms with Crippen LogP contribution < -0.4 is 0 Å². The molecule has 0 radical (unpaired) electrons. The molecule has 0 saturated heterocycles. The van der Waals surface area contributed by atoms with Gasteiger partial charge in [0, 0.05) is 42.8 Å². The number of carbonyl (C=O) groups is 1. The van der Waals surface area contributed by atoms with Gasteiger partial charge in [-0.05, 0) is 24.1 Å². The van der Waals surface area contributed by atoms with Crippen molar-refractivity contribution in [2.45, 2.75) is 26.4 Å². The molecule has 0 N–H and O–H groups in total. The molecule has 2 aromatic carbocycles. The summed E-state index contributed by atoms with van der Waals surface area (Å²) in [5, 5.41) is 14.8. The first-order valence-electron chi connectivity index (χ1n) is 10.1. The van der Waals surface area contributed by atoms with E-state index in [-0.39, 0.29) is 53.3 Å². The summed E-state index contributed by atoms with van der Waals surface area (Å²) in [4.78, 5) is 29.1. The Morgan fingerprint density at radius 2 is 1.91 bits per heavy atom. The van der Waals surface area contributed by atoms with Crippen molar-refractivity contribution in [3.8, 4) is 11.4 Å². The van der Waals surface area contributed by atoms with Crippen molar-refractivity contribution in [1.82, 2.24) is 15.0 Å². The van der Waals surface area contributed by atoms with Crippen LogP contribution in [0.3, 0.4) is 0 Å². The Balaban J connectivity index is 1.75. The van der Waals surface area contributed by atoms with Crippen LogP contribution >= 0.6 is 0 Å². The Morgan fingerprint density at radius 3 is 2.58 bits per heavy atom. The molecule has 3 rings (SSSR count). The number of nitro groups is 1. The number of nitrogens with zero attached hydrogens (tertiary/aromatic N) is 4. The zero-order chi connectivity index (χ0) is 24.2. The van der Waals surface area contributed by atoms with Gasteiger partial charge in [-0.3, -0.25) is 14.9 Å². The number of hydrogen-bond donors (Lipinski definition) is 0. The Bertz CT molecular complexity index is 1140. The molecular weight excluding hydrogens is 441 g/mol. The minimum Gasteiger partial charge on any atom is -0.339 e. The number of amides is 1. The van der Waals surface area contributed by atoms with Crippen LogP contribution in [0, 0.1) is 16.0 Å². The highest BCUT2D eigenvalue weighted by atomic mass is 19.4. The fraction of sp³-hybridized carbons (Fsp3) is 0.318. The van der Waals surface area contributed by atoms with Gasteiger partial charge in [-0.1, -0.05) is 37.2 Å². The van der Waals surface area contributed by atoms with Crippen molar-refractivity contribution < 1.29 is 27.4 Å². The lowest BCUT2D eigenvalue weighted by Crippen LogP contribution is -2.36. The molecule has 1 heterocycles. The molecule has 0 fully saturated rings. The van der Waals surface area contributed by atoms with Crippen molar-refractivity contribution in [3.63, 3.8) is 0 Å². The first kappa shape index (κ1) is 23.9. The van der Waals surface area contributed by atoms with Crippen molar-refractivity contribution in [2.24, 2.45) is 5.92 Å². The minimum absolute atomic E-state index is 0.0107. The SMILES string of the molecule is CC(C)CN(CCc1nc(-c2cccc(C(F)(F)F)c2)no1)C(=O)c1cccc([N+](=O)[O-])c1. The second kappa shape index (κ2) is 9.80. The summed E-state index contributed by atoms with van der Waals surface area (Å²) in [5.74, 6) is -0.0967. The first-order chi connectivity index (χ1) is 15.5. The van der Waals surface area contributed by atoms with Gasteiger partial charge in [-0.15, -0.1) is 0 Å². The van der Waals surface area contributed by atoms with Crippen molar-refractivity contribution in [1.29, 1.82) is 0 Å². The van der Waals surface area contributed by atoms with E-state index >= 15 is 0 Å². The molecule has 0 atom stereocenters. The molecule has 0 spiro atoms. The summed E-state index contributed by atoms with van der Waals surface area (Å²) in [6, 6.07) is 10.1. The van der Waals surface area contributed by atoms with E-state index in [0.717, 1.165) is 12.1 Å². The van der Waals surface area contributed by atoms with Gasteiger partial charge in [0.1, 0.15) is 0 Å². The number of halogens is 3. The number of nitro benzene ring substituents is 1. The van der Waals surface area contributed by atoms with E-state index < -0.39 is 16.7 Å². The maximum absolute atomic E-state index is 13.0. The van der Waals surface area contributed by atoms with E-state index in [9.17, 15) is 28.1 Å². The summed E-state index contributed by atoms with van der Waals surface area (Å²) in [6.07, 6.45) is -4.33. The fourth-order valence-electron chi connectivity index (χ4n) is 3.19. The summed E-state index contributed by atoms with van der Waals surface area (Å²) >= 11 is 0. The van der Waals surface area contributed by atoms with Crippen LogP contribution in [-0.2, 0) is 12.6 Å². The number of benzene rings is 2. The van der Waals surface area contributed by atoms with Crippen LogP contribution in [0.5, 0.6) is 0 Å². The molecule has 1 amide bonds. The first-order valence-corrected chi connectivity index (χ1v) is 10.1. The molecule has 174 valence electrons. The summed E-state index contributed by atoms with van der Waals surface area (Å²) in [6.45, 7) is 4.42. The van der Waals surface area contributed by atoms with Gasteiger partial charge >= 0.3 is 6.18 Å². The van der Waals surface area contributed by atoms with E-state index in [1.54, 1.807) is 0 Å². The molecule has 0 aliphatic carbocycles. The lowest BCUT2D eigenvalue weighted by Gasteiger charge is -2.24. The van der Waals surface area contributed by atoms with Gasteiger partial charge in [-0.25, -0.2) is 0 Å². The van der Waals surface area contributed by atoms with Gasteiger partial charge in [0.15, 0.2) is 0 Å². The number of non-ortho nitro benzene ring substituents is 1. The predicted molar refractivity (Wildman–Crippen MR) is 112 cm³/mol. The summed E-state index contributed by atoms with van der Waals surface area (Å²) in [7, 11) is 0. The average Bonchev–Trinajstić information content (AvgIpc) is 3.24. The van der Waals surface area contributed by atoms with Crippen molar-refractivity contribution >= 4 is 11.6 Å². The third-order valence-corrected chi connectivity index (χ3v) is 4.69. The molecule has 11 heteroatoms. The second-order valence-electron chi connectivity index (χ2n) is 7.79. The summed E-state index contributed by atoms with van der Waals surface area (Å²) < 4.78 is 44.0. The highest BCUT2D eigenvalue weighted by Gasteiger charge is 2.31. The van der Waals surface area contributed by atoms with Gasteiger partial charge in [0.25, 0.3) is 11.6 Å². The van der Waals surface area contributed by atoms with Crippen LogP contribution in [-0.4, -0.2) is 39.0 Å². The summed E-state index contributed by atoms with van der Waals surface area (Å²) in [5.41, 5.74) is -0.670.